The molecule has 1 aliphatic rings. The van der Waals surface area contributed by atoms with Gasteiger partial charge in [-0.25, -0.2) is 0 Å². The van der Waals surface area contributed by atoms with E-state index in [1.807, 2.05) is 0 Å². The summed E-state index contributed by atoms with van der Waals surface area (Å²) in [6.45, 7) is 8.63. The minimum atomic E-state index is 0.0137. The predicted octanol–water partition coefficient (Wildman–Crippen LogP) is 4.39. The molecule has 0 aliphatic carbocycles. The monoisotopic (exact) mass is 253 g/mol. The van der Waals surface area contributed by atoms with E-state index in [2.05, 4.69) is 25.7 Å². The smallest absolute Gasteiger partial charge is 0.228 e. The van der Waals surface area contributed by atoms with Crippen LogP contribution in [0.25, 0.3) is 0 Å². The summed E-state index contributed by atoms with van der Waals surface area (Å²) in [5, 5.41) is 0. The molecule has 2 heteroatoms. The minimum absolute atomic E-state index is 0.0137. The van der Waals surface area contributed by atoms with Crippen LogP contribution in [0.5, 0.6) is 0 Å². The van der Waals surface area contributed by atoms with E-state index in [1.165, 1.54) is 32.1 Å². The van der Waals surface area contributed by atoms with Crippen LogP contribution in [0.15, 0.2) is 0 Å². The van der Waals surface area contributed by atoms with E-state index in [0.29, 0.717) is 5.91 Å². The highest BCUT2D eigenvalue weighted by Gasteiger charge is 2.44. The molecule has 0 aromatic heterocycles. The first-order valence-corrected chi connectivity index (χ1v) is 7.99. The highest BCUT2D eigenvalue weighted by molar-refractivity contribution is 5.84. The summed E-state index contributed by atoms with van der Waals surface area (Å²) < 4.78 is 0. The molecule has 1 rings (SSSR count). The Kier molecular flexibility index (Phi) is 6.73. The van der Waals surface area contributed by atoms with Crippen LogP contribution in [0, 0.1) is 5.41 Å². The van der Waals surface area contributed by atoms with E-state index < -0.39 is 0 Å². The Morgan fingerprint density at radius 2 is 1.56 bits per heavy atom. The highest BCUT2D eigenvalue weighted by atomic mass is 16.2. The third-order valence-corrected chi connectivity index (χ3v) is 4.40. The van der Waals surface area contributed by atoms with Crippen LogP contribution in [0.3, 0.4) is 0 Å². The SMILES string of the molecule is CCCCN1CCC(CCCC)(CCCC)C1=O. The van der Waals surface area contributed by atoms with Gasteiger partial charge in [-0.15, -0.1) is 0 Å². The second-order valence-electron chi connectivity index (χ2n) is 5.88. The minimum Gasteiger partial charge on any atom is -0.342 e. The lowest BCUT2D eigenvalue weighted by Crippen LogP contribution is -2.35. The van der Waals surface area contributed by atoms with Crippen LogP contribution in [0.2, 0.25) is 0 Å². The Labute approximate surface area is 113 Å². The van der Waals surface area contributed by atoms with Gasteiger partial charge in [0.2, 0.25) is 5.91 Å². The fourth-order valence-corrected chi connectivity index (χ4v) is 3.07. The van der Waals surface area contributed by atoms with Crippen LogP contribution in [-0.2, 0) is 4.79 Å². The molecule has 0 aromatic rings. The molecule has 0 atom stereocenters. The second kappa shape index (κ2) is 7.81. The molecule has 1 aliphatic heterocycles. The first kappa shape index (κ1) is 15.5. The topological polar surface area (TPSA) is 20.3 Å². The fourth-order valence-electron chi connectivity index (χ4n) is 3.07. The van der Waals surface area contributed by atoms with Gasteiger partial charge in [-0.1, -0.05) is 52.9 Å². The van der Waals surface area contributed by atoms with Crippen molar-refractivity contribution in [3.63, 3.8) is 0 Å². The molecule has 0 spiro atoms. The zero-order valence-corrected chi connectivity index (χ0v) is 12.6. The maximum atomic E-state index is 12.7. The molecule has 0 radical (unpaired) electrons. The number of unbranched alkanes of at least 4 members (excludes halogenated alkanes) is 3. The van der Waals surface area contributed by atoms with E-state index in [4.69, 9.17) is 0 Å². The van der Waals surface area contributed by atoms with Crippen LogP contribution in [0.4, 0.5) is 0 Å². The molecule has 0 unspecified atom stereocenters. The maximum absolute atomic E-state index is 12.7. The molecule has 0 saturated carbocycles. The number of carbonyl (C=O) groups excluding carboxylic acids is 1. The van der Waals surface area contributed by atoms with Crippen molar-refractivity contribution in [2.75, 3.05) is 13.1 Å². The van der Waals surface area contributed by atoms with Gasteiger partial charge in [0.1, 0.15) is 0 Å². The van der Waals surface area contributed by atoms with Crippen molar-refractivity contribution in [1.82, 2.24) is 4.90 Å². The summed E-state index contributed by atoms with van der Waals surface area (Å²) in [6.07, 6.45) is 10.5. The lowest BCUT2D eigenvalue weighted by molar-refractivity contribution is -0.137. The molecule has 18 heavy (non-hydrogen) atoms. The van der Waals surface area contributed by atoms with Crippen molar-refractivity contribution in [3.05, 3.63) is 0 Å². The van der Waals surface area contributed by atoms with Gasteiger partial charge in [-0.2, -0.15) is 0 Å². The Morgan fingerprint density at radius 3 is 2.06 bits per heavy atom. The Balaban J connectivity index is 2.62. The molecular formula is C16H31NO. The molecular weight excluding hydrogens is 222 g/mol. The summed E-state index contributed by atoms with van der Waals surface area (Å²) in [4.78, 5) is 14.8. The van der Waals surface area contributed by atoms with Crippen LogP contribution in [-0.4, -0.2) is 23.9 Å². The molecule has 0 aromatic carbocycles. The Morgan fingerprint density at radius 1 is 1.00 bits per heavy atom. The summed E-state index contributed by atoms with van der Waals surface area (Å²) in [5.74, 6) is 0.470. The first-order valence-electron chi connectivity index (χ1n) is 7.99. The van der Waals surface area contributed by atoms with Gasteiger partial charge < -0.3 is 4.90 Å². The summed E-state index contributed by atoms with van der Waals surface area (Å²) >= 11 is 0. The summed E-state index contributed by atoms with van der Waals surface area (Å²) in [5.41, 5.74) is 0.0137. The molecule has 106 valence electrons. The average molecular weight is 253 g/mol. The number of likely N-dealkylation sites (tertiary alicyclic amines) is 1. The van der Waals surface area contributed by atoms with Gasteiger partial charge in [0.25, 0.3) is 0 Å². The number of rotatable bonds is 9. The molecule has 0 N–H and O–H groups in total. The summed E-state index contributed by atoms with van der Waals surface area (Å²) in [6, 6.07) is 0. The van der Waals surface area contributed by atoms with Gasteiger partial charge in [-0.3, -0.25) is 4.79 Å². The van der Waals surface area contributed by atoms with Gasteiger partial charge >= 0.3 is 0 Å². The molecule has 1 fully saturated rings. The zero-order chi connectivity index (χ0) is 13.4. The molecule has 2 nitrogen and oxygen atoms in total. The lowest BCUT2D eigenvalue weighted by atomic mass is 9.77. The number of hydrogen-bond acceptors (Lipinski definition) is 1. The zero-order valence-electron chi connectivity index (χ0n) is 12.6. The van der Waals surface area contributed by atoms with Crippen molar-refractivity contribution >= 4 is 5.91 Å². The van der Waals surface area contributed by atoms with Gasteiger partial charge in [0.05, 0.1) is 5.41 Å². The molecule has 1 saturated heterocycles. The quantitative estimate of drug-likeness (QED) is 0.597. The van der Waals surface area contributed by atoms with Gasteiger partial charge in [0, 0.05) is 13.1 Å². The third-order valence-electron chi connectivity index (χ3n) is 4.40. The van der Waals surface area contributed by atoms with Crippen LogP contribution in [0.1, 0.15) is 78.6 Å². The van der Waals surface area contributed by atoms with Crippen molar-refractivity contribution in [1.29, 1.82) is 0 Å². The average Bonchev–Trinajstić information content (AvgIpc) is 2.70. The van der Waals surface area contributed by atoms with E-state index in [-0.39, 0.29) is 5.41 Å². The largest absolute Gasteiger partial charge is 0.342 e. The summed E-state index contributed by atoms with van der Waals surface area (Å²) in [7, 11) is 0. The van der Waals surface area contributed by atoms with E-state index >= 15 is 0 Å². The first-order chi connectivity index (χ1) is 8.70. The predicted molar refractivity (Wildman–Crippen MR) is 77.6 cm³/mol. The fraction of sp³-hybridized carbons (Fsp3) is 0.938. The van der Waals surface area contributed by atoms with E-state index in [0.717, 1.165) is 38.8 Å². The van der Waals surface area contributed by atoms with Crippen molar-refractivity contribution in [3.8, 4) is 0 Å². The maximum Gasteiger partial charge on any atom is 0.228 e. The van der Waals surface area contributed by atoms with Crippen molar-refractivity contribution in [2.24, 2.45) is 5.41 Å². The normalized spacial score (nSPS) is 18.6. The third kappa shape index (κ3) is 3.73. The lowest BCUT2D eigenvalue weighted by Gasteiger charge is -2.28. The van der Waals surface area contributed by atoms with Gasteiger partial charge in [0.15, 0.2) is 0 Å². The standard InChI is InChI=1S/C16H31NO/c1-4-7-10-16(11-8-5-2)12-14-17(15(16)18)13-9-6-3/h4-14H2,1-3H3. The van der Waals surface area contributed by atoms with Gasteiger partial charge in [-0.05, 0) is 25.7 Å². The van der Waals surface area contributed by atoms with Crippen molar-refractivity contribution in [2.45, 2.75) is 78.6 Å². The van der Waals surface area contributed by atoms with Crippen LogP contribution < -0.4 is 0 Å². The van der Waals surface area contributed by atoms with Crippen molar-refractivity contribution < 1.29 is 4.79 Å². The Hall–Kier alpha value is -0.530. The number of nitrogens with zero attached hydrogens (tertiary/aromatic N) is 1. The Bertz CT molecular complexity index is 241. The van der Waals surface area contributed by atoms with Crippen LogP contribution >= 0.6 is 0 Å². The number of carbonyl (C=O) groups is 1. The highest BCUT2D eigenvalue weighted by Crippen LogP contribution is 2.41. The van der Waals surface area contributed by atoms with E-state index in [9.17, 15) is 4.79 Å². The molecule has 1 heterocycles. The second-order valence-corrected chi connectivity index (χ2v) is 5.88. The number of amides is 1. The molecule has 1 amide bonds. The van der Waals surface area contributed by atoms with E-state index in [1.54, 1.807) is 0 Å². The molecule has 0 bridgehead atoms. The number of hydrogen-bond donors (Lipinski definition) is 0.